The summed E-state index contributed by atoms with van der Waals surface area (Å²) in [6.45, 7) is 0.835. The van der Waals surface area contributed by atoms with Gasteiger partial charge in [0.1, 0.15) is 0 Å². The Morgan fingerprint density at radius 3 is 2.75 bits per heavy atom. The van der Waals surface area contributed by atoms with Crippen LogP contribution in [0, 0.1) is 17.8 Å². The molecule has 1 aliphatic heterocycles. The lowest BCUT2D eigenvalue weighted by Crippen LogP contribution is -2.09. The summed E-state index contributed by atoms with van der Waals surface area (Å²) in [5.74, 6) is 9.92. The van der Waals surface area contributed by atoms with E-state index >= 15 is 0 Å². The molecule has 1 rings (SSSR count). The Morgan fingerprint density at radius 2 is 2.08 bits per heavy atom. The van der Waals surface area contributed by atoms with Gasteiger partial charge in [-0.2, -0.15) is 11.8 Å². The van der Waals surface area contributed by atoms with E-state index in [1.165, 1.54) is 24.3 Å². The van der Waals surface area contributed by atoms with E-state index in [4.69, 9.17) is 0 Å². The maximum Gasteiger partial charge on any atom is 0.0574 e. The molecule has 0 atom stereocenters. The van der Waals surface area contributed by atoms with Crippen molar-refractivity contribution in [2.45, 2.75) is 19.3 Å². The summed E-state index contributed by atoms with van der Waals surface area (Å²) in [6, 6.07) is 0. The minimum absolute atomic E-state index is 0.835. The first kappa shape index (κ1) is 9.95. The van der Waals surface area contributed by atoms with E-state index < -0.39 is 0 Å². The Bertz CT molecular complexity index is 162. The third kappa shape index (κ3) is 4.04. The molecule has 1 saturated heterocycles. The second-order valence-corrected chi connectivity index (χ2v) is 4.37. The lowest BCUT2D eigenvalue weighted by Gasteiger charge is -2.18. The van der Waals surface area contributed by atoms with Crippen molar-refractivity contribution in [1.82, 2.24) is 5.32 Å². The van der Waals surface area contributed by atoms with Gasteiger partial charge >= 0.3 is 0 Å². The van der Waals surface area contributed by atoms with E-state index in [0.29, 0.717) is 0 Å². The Labute approximate surface area is 79.7 Å². The summed E-state index contributed by atoms with van der Waals surface area (Å²) >= 11 is 2.08. The molecular weight excluding hydrogens is 166 g/mol. The normalized spacial score (nSPS) is 18.4. The van der Waals surface area contributed by atoms with Gasteiger partial charge in [-0.15, -0.1) is 5.92 Å². The fourth-order valence-corrected chi connectivity index (χ4v) is 2.52. The molecule has 0 spiro atoms. The summed E-state index contributed by atoms with van der Waals surface area (Å²) in [5.41, 5.74) is 0. The van der Waals surface area contributed by atoms with Crippen molar-refractivity contribution >= 4 is 11.8 Å². The summed E-state index contributed by atoms with van der Waals surface area (Å²) in [5, 5.41) is 3.03. The molecule has 0 bridgehead atoms. The minimum Gasteiger partial charge on any atom is -0.309 e. The molecule has 0 radical (unpaired) electrons. The van der Waals surface area contributed by atoms with Gasteiger partial charge in [0.05, 0.1) is 6.54 Å². The van der Waals surface area contributed by atoms with E-state index in [0.717, 1.165) is 18.9 Å². The van der Waals surface area contributed by atoms with Gasteiger partial charge in [-0.25, -0.2) is 0 Å². The average molecular weight is 183 g/mol. The van der Waals surface area contributed by atoms with Gasteiger partial charge in [0.15, 0.2) is 0 Å². The minimum atomic E-state index is 0.835. The number of nitrogens with one attached hydrogen (secondary N) is 1. The van der Waals surface area contributed by atoms with Crippen molar-refractivity contribution < 1.29 is 0 Å². The lowest BCUT2D eigenvalue weighted by atomic mass is 9.99. The molecule has 12 heavy (non-hydrogen) atoms. The van der Waals surface area contributed by atoms with Crippen LogP contribution in [0.3, 0.4) is 0 Å². The zero-order valence-electron chi connectivity index (χ0n) is 7.73. The second-order valence-electron chi connectivity index (χ2n) is 3.14. The summed E-state index contributed by atoms with van der Waals surface area (Å²) in [6.07, 6.45) is 3.86. The molecule has 2 heteroatoms. The number of thioether (sulfide) groups is 1. The maximum atomic E-state index is 3.23. The highest BCUT2D eigenvalue weighted by molar-refractivity contribution is 7.99. The third-order valence-electron chi connectivity index (χ3n) is 2.12. The molecule has 1 fully saturated rings. The van der Waals surface area contributed by atoms with Gasteiger partial charge in [0, 0.05) is 6.42 Å². The van der Waals surface area contributed by atoms with Crippen LogP contribution < -0.4 is 5.32 Å². The summed E-state index contributed by atoms with van der Waals surface area (Å²) < 4.78 is 0. The first-order chi connectivity index (χ1) is 5.93. The molecular formula is C10H17NS. The number of rotatable bonds is 2. The zero-order chi connectivity index (χ0) is 8.65. The van der Waals surface area contributed by atoms with E-state index in [1.54, 1.807) is 0 Å². The quantitative estimate of drug-likeness (QED) is 0.655. The van der Waals surface area contributed by atoms with Gasteiger partial charge in [-0.1, -0.05) is 5.92 Å². The average Bonchev–Trinajstić information content (AvgIpc) is 2.14. The Morgan fingerprint density at radius 1 is 1.33 bits per heavy atom. The Kier molecular flexibility index (Phi) is 5.30. The molecule has 0 aromatic carbocycles. The maximum absolute atomic E-state index is 3.23. The highest BCUT2D eigenvalue weighted by Crippen LogP contribution is 2.24. The highest BCUT2D eigenvalue weighted by atomic mass is 32.2. The van der Waals surface area contributed by atoms with E-state index in [2.05, 4.69) is 28.9 Å². The molecule has 68 valence electrons. The fourth-order valence-electron chi connectivity index (χ4n) is 1.32. The smallest absolute Gasteiger partial charge is 0.0574 e. The molecule has 1 N–H and O–H groups in total. The number of hydrogen-bond acceptors (Lipinski definition) is 2. The van der Waals surface area contributed by atoms with Crippen LogP contribution in [0.25, 0.3) is 0 Å². The molecule has 0 amide bonds. The van der Waals surface area contributed by atoms with Gasteiger partial charge in [0.25, 0.3) is 0 Å². The first-order valence-electron chi connectivity index (χ1n) is 4.61. The van der Waals surface area contributed by atoms with Crippen LogP contribution in [0.15, 0.2) is 0 Å². The first-order valence-corrected chi connectivity index (χ1v) is 5.77. The van der Waals surface area contributed by atoms with Crippen molar-refractivity contribution in [2.75, 3.05) is 25.1 Å². The van der Waals surface area contributed by atoms with Crippen LogP contribution in [-0.2, 0) is 0 Å². The van der Waals surface area contributed by atoms with Crippen molar-refractivity contribution in [2.24, 2.45) is 5.92 Å². The molecule has 0 unspecified atom stereocenters. The summed E-state index contributed by atoms with van der Waals surface area (Å²) in [7, 11) is 1.94. The highest BCUT2D eigenvalue weighted by Gasteiger charge is 2.11. The third-order valence-corrected chi connectivity index (χ3v) is 3.17. The molecule has 0 aromatic rings. The van der Waals surface area contributed by atoms with Crippen molar-refractivity contribution in [3.8, 4) is 11.8 Å². The van der Waals surface area contributed by atoms with Gasteiger partial charge in [0.2, 0.25) is 0 Å². The van der Waals surface area contributed by atoms with Crippen molar-refractivity contribution in [3.63, 3.8) is 0 Å². The predicted molar refractivity (Wildman–Crippen MR) is 56.4 cm³/mol. The van der Waals surface area contributed by atoms with Crippen LogP contribution in [0.4, 0.5) is 0 Å². The van der Waals surface area contributed by atoms with Gasteiger partial charge in [-0.3, -0.25) is 0 Å². The fraction of sp³-hybridized carbons (Fsp3) is 0.800. The largest absolute Gasteiger partial charge is 0.309 e. The van der Waals surface area contributed by atoms with Crippen molar-refractivity contribution in [3.05, 3.63) is 0 Å². The monoisotopic (exact) mass is 183 g/mol. The molecule has 1 nitrogen and oxygen atoms in total. The van der Waals surface area contributed by atoms with Crippen LogP contribution >= 0.6 is 11.8 Å². The Balaban J connectivity index is 2.09. The molecule has 1 aliphatic rings. The zero-order valence-corrected chi connectivity index (χ0v) is 8.54. The van der Waals surface area contributed by atoms with Crippen LogP contribution in [0.5, 0.6) is 0 Å². The van der Waals surface area contributed by atoms with E-state index in [1.807, 2.05) is 7.05 Å². The SMILES string of the molecule is CNCC#CCC1CCSCC1. The summed E-state index contributed by atoms with van der Waals surface area (Å²) in [4.78, 5) is 0. The van der Waals surface area contributed by atoms with Crippen LogP contribution in [0.1, 0.15) is 19.3 Å². The Hall–Kier alpha value is -0.130. The lowest BCUT2D eigenvalue weighted by molar-refractivity contribution is 0.504. The molecule has 0 saturated carbocycles. The van der Waals surface area contributed by atoms with Gasteiger partial charge in [-0.05, 0) is 37.3 Å². The van der Waals surface area contributed by atoms with Crippen molar-refractivity contribution in [1.29, 1.82) is 0 Å². The number of hydrogen-bond donors (Lipinski definition) is 1. The molecule has 0 aromatic heterocycles. The van der Waals surface area contributed by atoms with E-state index in [9.17, 15) is 0 Å². The topological polar surface area (TPSA) is 12.0 Å². The second kappa shape index (κ2) is 6.39. The molecule has 0 aliphatic carbocycles. The molecule has 1 heterocycles. The van der Waals surface area contributed by atoms with Gasteiger partial charge < -0.3 is 5.32 Å². The van der Waals surface area contributed by atoms with Crippen LogP contribution in [0.2, 0.25) is 0 Å². The standard InChI is InChI=1S/C10H17NS/c1-11-7-3-2-4-10-5-8-12-9-6-10/h10-11H,4-9H2,1H3. The van der Waals surface area contributed by atoms with E-state index in [-0.39, 0.29) is 0 Å². The predicted octanol–water partition coefficient (Wildman–Crippen LogP) is 1.74. The van der Waals surface area contributed by atoms with Crippen LogP contribution in [-0.4, -0.2) is 25.1 Å².